The van der Waals surface area contributed by atoms with E-state index in [9.17, 15) is 18.0 Å². The highest BCUT2D eigenvalue weighted by molar-refractivity contribution is 6.31. The van der Waals surface area contributed by atoms with Gasteiger partial charge in [0.1, 0.15) is 5.76 Å². The second-order valence-electron chi connectivity index (χ2n) is 6.15. The van der Waals surface area contributed by atoms with E-state index < -0.39 is 17.6 Å². The van der Waals surface area contributed by atoms with Crippen molar-refractivity contribution < 1.29 is 22.7 Å². The number of halogens is 4. The van der Waals surface area contributed by atoms with E-state index in [1.807, 2.05) is 0 Å². The third-order valence-corrected chi connectivity index (χ3v) is 4.44. The summed E-state index contributed by atoms with van der Waals surface area (Å²) in [6.45, 7) is 5.56. The molecule has 1 N–H and O–H groups in total. The van der Waals surface area contributed by atoms with Crippen molar-refractivity contribution in [2.24, 2.45) is 4.99 Å². The number of aliphatic imine (C=N–C) groups is 1. The van der Waals surface area contributed by atoms with Gasteiger partial charge >= 0.3 is 6.18 Å². The van der Waals surface area contributed by atoms with Gasteiger partial charge in [0.05, 0.1) is 23.9 Å². The lowest BCUT2D eigenvalue weighted by Crippen LogP contribution is -2.15. The van der Waals surface area contributed by atoms with Gasteiger partial charge < -0.3 is 10.1 Å². The monoisotopic (exact) mass is 436 g/mol. The number of benzene rings is 1. The largest absolute Gasteiger partial charge is 0.496 e. The van der Waals surface area contributed by atoms with E-state index in [-0.39, 0.29) is 11.3 Å². The van der Waals surface area contributed by atoms with Gasteiger partial charge in [-0.25, -0.2) is 0 Å². The van der Waals surface area contributed by atoms with Crippen LogP contribution in [0.2, 0.25) is 0 Å². The smallest absolute Gasteiger partial charge is 0.416 e. The zero-order valence-corrected chi connectivity index (χ0v) is 17.1. The van der Waals surface area contributed by atoms with Crippen LogP contribution in [0.1, 0.15) is 18.9 Å². The van der Waals surface area contributed by atoms with Crippen LogP contribution < -0.4 is 5.32 Å². The Morgan fingerprint density at radius 1 is 1.27 bits per heavy atom. The quantitative estimate of drug-likeness (QED) is 0.429. The number of hydrogen-bond donors (Lipinski definition) is 1. The molecule has 0 aromatic heterocycles. The predicted octanol–water partition coefficient (Wildman–Crippen LogP) is 6.16. The molecule has 4 nitrogen and oxygen atoms in total. The number of methoxy groups -OCH3 is 1. The van der Waals surface area contributed by atoms with Crippen molar-refractivity contribution in [3.8, 4) is 0 Å². The average Bonchev–Trinajstić information content (AvgIpc) is 2.89. The molecule has 0 saturated carbocycles. The highest BCUT2D eigenvalue weighted by Crippen LogP contribution is 2.30. The first-order chi connectivity index (χ1) is 14.2. The number of ether oxygens (including phenoxy) is 1. The molecule has 0 saturated heterocycles. The lowest BCUT2D eigenvalue weighted by atomic mass is 10.1. The molecule has 0 bridgehead atoms. The van der Waals surface area contributed by atoms with Gasteiger partial charge in [-0.2, -0.15) is 13.2 Å². The van der Waals surface area contributed by atoms with Crippen LogP contribution in [0.15, 0.2) is 87.8 Å². The highest BCUT2D eigenvalue weighted by Gasteiger charge is 2.30. The van der Waals surface area contributed by atoms with Crippen LogP contribution in [0.4, 0.5) is 18.9 Å². The summed E-state index contributed by atoms with van der Waals surface area (Å²) in [6, 6.07) is 4.18. The van der Waals surface area contributed by atoms with Gasteiger partial charge in [0.2, 0.25) is 0 Å². The highest BCUT2D eigenvalue weighted by atomic mass is 35.5. The number of rotatable bonds is 6. The number of allylic oxidation sites excluding steroid dienone is 6. The Hall–Kier alpha value is -3.06. The summed E-state index contributed by atoms with van der Waals surface area (Å²) in [4.78, 5) is 16.7. The standard InChI is InChI=1S/C22H20ClF3N2O2/c1-4-15(21(29)28-18-9-5-16(6-10-18)22(24,25)26)13-27-14(2)19-11-7-17(23)8-12-20(19)30-3/h4-10,12-13H,2,11H2,1,3H3,(H,28,29)/b15-4+,27-13?. The first-order valence-electron chi connectivity index (χ1n) is 8.85. The van der Waals surface area contributed by atoms with Gasteiger partial charge in [0.15, 0.2) is 0 Å². The topological polar surface area (TPSA) is 50.7 Å². The number of carbonyl (C=O) groups excluding carboxylic acids is 1. The van der Waals surface area contributed by atoms with Gasteiger partial charge in [0.25, 0.3) is 5.91 Å². The fourth-order valence-electron chi connectivity index (χ4n) is 2.51. The fourth-order valence-corrected chi connectivity index (χ4v) is 2.65. The van der Waals surface area contributed by atoms with Crippen molar-refractivity contribution >= 4 is 29.4 Å². The van der Waals surface area contributed by atoms with Crippen LogP contribution in [0, 0.1) is 0 Å². The molecule has 158 valence electrons. The first kappa shape index (κ1) is 23.2. The molecule has 1 amide bonds. The third-order valence-electron chi connectivity index (χ3n) is 4.16. The molecule has 0 radical (unpaired) electrons. The van der Waals surface area contributed by atoms with Crippen molar-refractivity contribution in [2.75, 3.05) is 12.4 Å². The summed E-state index contributed by atoms with van der Waals surface area (Å²) >= 11 is 6.02. The molecule has 0 spiro atoms. The Labute approximate surface area is 177 Å². The molecule has 1 aliphatic carbocycles. The zero-order valence-electron chi connectivity index (χ0n) is 16.4. The first-order valence-corrected chi connectivity index (χ1v) is 9.22. The van der Waals surface area contributed by atoms with Crippen molar-refractivity contribution in [3.63, 3.8) is 0 Å². The summed E-state index contributed by atoms with van der Waals surface area (Å²) in [6.07, 6.45) is 4.07. The molecule has 2 rings (SSSR count). The number of alkyl halides is 3. The Kier molecular flexibility index (Phi) is 7.83. The third kappa shape index (κ3) is 6.22. The van der Waals surface area contributed by atoms with Crippen LogP contribution >= 0.6 is 11.6 Å². The maximum absolute atomic E-state index is 12.6. The fraction of sp³-hybridized carbons (Fsp3) is 0.182. The molecule has 0 heterocycles. The second kappa shape index (κ2) is 10.1. The predicted molar refractivity (Wildman–Crippen MR) is 113 cm³/mol. The van der Waals surface area contributed by atoms with Crippen LogP contribution in [-0.2, 0) is 15.7 Å². The van der Waals surface area contributed by atoms with Crippen LogP contribution in [0.3, 0.4) is 0 Å². The molecular weight excluding hydrogens is 417 g/mol. The molecule has 0 fully saturated rings. The van der Waals surface area contributed by atoms with Crippen LogP contribution in [-0.4, -0.2) is 19.2 Å². The summed E-state index contributed by atoms with van der Waals surface area (Å²) in [5.74, 6) is 0.0405. The maximum atomic E-state index is 12.6. The Morgan fingerprint density at radius 2 is 1.93 bits per heavy atom. The Morgan fingerprint density at radius 3 is 2.50 bits per heavy atom. The van der Waals surface area contributed by atoms with Gasteiger partial charge in [-0.1, -0.05) is 30.3 Å². The van der Waals surface area contributed by atoms with Gasteiger partial charge in [-0.3, -0.25) is 9.79 Å². The minimum absolute atomic E-state index is 0.216. The number of nitrogens with one attached hydrogen (secondary N) is 1. The van der Waals surface area contributed by atoms with E-state index in [2.05, 4.69) is 16.9 Å². The summed E-state index contributed by atoms with van der Waals surface area (Å²) in [5, 5.41) is 3.10. The van der Waals surface area contributed by atoms with Crippen molar-refractivity contribution in [2.45, 2.75) is 19.5 Å². The lowest BCUT2D eigenvalue weighted by molar-refractivity contribution is -0.137. The molecule has 0 atom stereocenters. The molecular formula is C22H20ClF3N2O2. The minimum Gasteiger partial charge on any atom is -0.496 e. The number of carbonyl (C=O) groups is 1. The van der Waals surface area contributed by atoms with Crippen LogP contribution in [0.5, 0.6) is 0 Å². The maximum Gasteiger partial charge on any atom is 0.416 e. The van der Waals surface area contributed by atoms with E-state index in [1.54, 1.807) is 25.2 Å². The molecule has 1 aromatic rings. The van der Waals surface area contributed by atoms with E-state index in [4.69, 9.17) is 16.3 Å². The average molecular weight is 437 g/mol. The molecule has 8 heteroatoms. The Bertz CT molecular complexity index is 969. The van der Waals surface area contributed by atoms with Crippen molar-refractivity contribution in [3.05, 3.63) is 88.3 Å². The Balaban J connectivity index is 2.11. The molecule has 0 aliphatic heterocycles. The number of amides is 1. The normalized spacial score (nSPS) is 15.1. The number of anilines is 1. The summed E-state index contributed by atoms with van der Waals surface area (Å²) < 4.78 is 43.3. The van der Waals surface area contributed by atoms with Crippen molar-refractivity contribution in [1.29, 1.82) is 0 Å². The van der Waals surface area contributed by atoms with E-state index >= 15 is 0 Å². The number of hydrogen-bond acceptors (Lipinski definition) is 3. The summed E-state index contributed by atoms with van der Waals surface area (Å²) in [7, 11) is 1.52. The number of nitrogens with zero attached hydrogens (tertiary/aromatic N) is 1. The van der Waals surface area contributed by atoms with E-state index in [1.165, 1.54) is 31.5 Å². The van der Waals surface area contributed by atoms with E-state index in [0.717, 1.165) is 12.1 Å². The van der Waals surface area contributed by atoms with Crippen molar-refractivity contribution in [1.82, 2.24) is 0 Å². The summed E-state index contributed by atoms with van der Waals surface area (Å²) in [5.41, 5.74) is 0.754. The molecule has 1 aromatic carbocycles. The van der Waals surface area contributed by atoms with Crippen LogP contribution in [0.25, 0.3) is 0 Å². The zero-order chi connectivity index (χ0) is 22.3. The van der Waals surface area contributed by atoms with Gasteiger partial charge in [0, 0.05) is 22.5 Å². The van der Waals surface area contributed by atoms with Gasteiger partial charge in [-0.05, 0) is 49.8 Å². The second-order valence-corrected chi connectivity index (χ2v) is 6.59. The van der Waals surface area contributed by atoms with Gasteiger partial charge in [-0.15, -0.1) is 0 Å². The SMILES string of the molecule is C=C(N=C/C(=C\C)C(=O)Nc1ccc(C(F)(F)F)cc1)C1=C(OC)C=CC(Cl)=CC1. The molecule has 0 unspecified atom stereocenters. The lowest BCUT2D eigenvalue weighted by Gasteiger charge is -2.10. The van der Waals surface area contributed by atoms with E-state index in [0.29, 0.717) is 28.5 Å². The molecule has 1 aliphatic rings. The molecule has 30 heavy (non-hydrogen) atoms. The minimum atomic E-state index is -4.44.